The average molecular weight is 234 g/mol. The number of rotatable bonds is 3. The number of nitrogens with zero attached hydrogens (tertiary/aromatic N) is 1. The van der Waals surface area contributed by atoms with Crippen molar-refractivity contribution in [1.29, 1.82) is 0 Å². The van der Waals surface area contributed by atoms with Crippen molar-refractivity contribution in [1.82, 2.24) is 5.16 Å². The van der Waals surface area contributed by atoms with Crippen LogP contribution in [0.5, 0.6) is 0 Å². The molecule has 17 heavy (non-hydrogen) atoms. The average Bonchev–Trinajstić information content (AvgIpc) is 2.61. The molecule has 0 fully saturated rings. The first-order valence-electron chi connectivity index (χ1n) is 5.58. The summed E-state index contributed by atoms with van der Waals surface area (Å²) < 4.78 is 18.6. The lowest BCUT2D eigenvalue weighted by molar-refractivity contribution is 0.437. The molecule has 2 aromatic rings. The summed E-state index contributed by atoms with van der Waals surface area (Å²) in [6, 6.07) is 6.49. The minimum atomic E-state index is -0.314. The molecule has 0 atom stereocenters. The molecule has 1 heterocycles. The molecule has 0 bridgehead atoms. The molecule has 0 aliphatic carbocycles. The quantitative estimate of drug-likeness (QED) is 0.886. The standard InChI is InChI=1S/C13H15FN2O/c1-8(2)7-10-12(16-17-13(10)15)9-5-3-4-6-11(9)14/h3-6,8H,7,15H2,1-2H3. The third-order valence-electron chi connectivity index (χ3n) is 2.56. The molecule has 3 nitrogen and oxygen atoms in total. The third kappa shape index (κ3) is 2.30. The van der Waals surface area contributed by atoms with Crippen molar-refractivity contribution in [3.63, 3.8) is 0 Å². The highest BCUT2D eigenvalue weighted by atomic mass is 19.1. The van der Waals surface area contributed by atoms with Crippen LogP contribution in [0.4, 0.5) is 10.3 Å². The van der Waals surface area contributed by atoms with Gasteiger partial charge in [0.25, 0.3) is 0 Å². The van der Waals surface area contributed by atoms with E-state index in [1.807, 2.05) is 0 Å². The lowest BCUT2D eigenvalue weighted by Crippen LogP contribution is -1.99. The van der Waals surface area contributed by atoms with E-state index in [0.29, 0.717) is 17.2 Å². The maximum atomic E-state index is 13.7. The Labute approximate surface area is 99.4 Å². The van der Waals surface area contributed by atoms with Gasteiger partial charge in [-0.25, -0.2) is 4.39 Å². The molecule has 0 aliphatic heterocycles. The van der Waals surface area contributed by atoms with Gasteiger partial charge in [0.1, 0.15) is 11.5 Å². The van der Waals surface area contributed by atoms with E-state index < -0.39 is 0 Å². The highest BCUT2D eigenvalue weighted by Gasteiger charge is 2.18. The number of benzene rings is 1. The third-order valence-corrected chi connectivity index (χ3v) is 2.56. The second-order valence-electron chi connectivity index (χ2n) is 4.45. The summed E-state index contributed by atoms with van der Waals surface area (Å²) in [6.45, 7) is 4.13. The Morgan fingerprint density at radius 2 is 2.06 bits per heavy atom. The maximum absolute atomic E-state index is 13.7. The van der Waals surface area contributed by atoms with Crippen LogP contribution in [0.1, 0.15) is 19.4 Å². The summed E-state index contributed by atoms with van der Waals surface area (Å²) in [5, 5.41) is 3.86. The molecule has 4 heteroatoms. The fraction of sp³-hybridized carbons (Fsp3) is 0.308. The summed E-state index contributed by atoms with van der Waals surface area (Å²) in [6.07, 6.45) is 0.721. The number of halogens is 1. The lowest BCUT2D eigenvalue weighted by Gasteiger charge is -2.05. The van der Waals surface area contributed by atoms with Gasteiger partial charge in [0.2, 0.25) is 5.88 Å². The van der Waals surface area contributed by atoms with Gasteiger partial charge < -0.3 is 10.3 Å². The summed E-state index contributed by atoms with van der Waals surface area (Å²) >= 11 is 0. The fourth-order valence-electron chi connectivity index (χ4n) is 1.79. The maximum Gasteiger partial charge on any atom is 0.225 e. The van der Waals surface area contributed by atoms with Crippen molar-refractivity contribution in [2.24, 2.45) is 5.92 Å². The Hall–Kier alpha value is -1.84. The van der Waals surface area contributed by atoms with Crippen molar-refractivity contribution in [2.45, 2.75) is 20.3 Å². The highest BCUT2D eigenvalue weighted by molar-refractivity contribution is 5.67. The van der Waals surface area contributed by atoms with Gasteiger partial charge in [-0.05, 0) is 24.5 Å². The van der Waals surface area contributed by atoms with Crippen molar-refractivity contribution >= 4 is 5.88 Å². The van der Waals surface area contributed by atoms with Gasteiger partial charge in [0.15, 0.2) is 0 Å². The number of nitrogens with two attached hydrogens (primary N) is 1. The Kier molecular flexibility index (Phi) is 3.13. The first kappa shape index (κ1) is 11.6. The number of anilines is 1. The smallest absolute Gasteiger partial charge is 0.225 e. The van der Waals surface area contributed by atoms with Crippen LogP contribution in [-0.2, 0) is 6.42 Å². The largest absolute Gasteiger partial charge is 0.367 e. The van der Waals surface area contributed by atoms with E-state index in [1.54, 1.807) is 18.2 Å². The van der Waals surface area contributed by atoms with Gasteiger partial charge >= 0.3 is 0 Å². The number of nitrogen functional groups attached to an aromatic ring is 1. The van der Waals surface area contributed by atoms with Gasteiger partial charge in [-0.2, -0.15) is 0 Å². The predicted molar refractivity (Wildman–Crippen MR) is 64.9 cm³/mol. The van der Waals surface area contributed by atoms with Crippen molar-refractivity contribution in [2.75, 3.05) is 5.73 Å². The van der Waals surface area contributed by atoms with Gasteiger partial charge in [-0.1, -0.05) is 31.1 Å². The first-order chi connectivity index (χ1) is 8.09. The van der Waals surface area contributed by atoms with Crippen LogP contribution >= 0.6 is 0 Å². The Bertz CT molecular complexity index is 520. The molecule has 0 saturated heterocycles. The fourth-order valence-corrected chi connectivity index (χ4v) is 1.79. The zero-order chi connectivity index (χ0) is 12.4. The highest BCUT2D eigenvalue weighted by Crippen LogP contribution is 2.30. The van der Waals surface area contributed by atoms with E-state index in [0.717, 1.165) is 12.0 Å². The van der Waals surface area contributed by atoms with Crippen molar-refractivity contribution in [3.05, 3.63) is 35.6 Å². The van der Waals surface area contributed by atoms with E-state index in [4.69, 9.17) is 10.3 Å². The molecular weight excluding hydrogens is 219 g/mol. The minimum Gasteiger partial charge on any atom is -0.367 e. The molecule has 0 amide bonds. The number of aromatic nitrogens is 1. The first-order valence-corrected chi connectivity index (χ1v) is 5.58. The number of hydrogen-bond acceptors (Lipinski definition) is 3. The lowest BCUT2D eigenvalue weighted by atomic mass is 9.99. The van der Waals surface area contributed by atoms with Crippen molar-refractivity contribution in [3.8, 4) is 11.3 Å². The van der Waals surface area contributed by atoms with E-state index in [9.17, 15) is 4.39 Å². The van der Waals surface area contributed by atoms with Gasteiger partial charge in [0, 0.05) is 11.1 Å². The Morgan fingerprint density at radius 3 is 2.71 bits per heavy atom. The van der Waals surface area contributed by atoms with Crippen LogP contribution in [-0.4, -0.2) is 5.16 Å². The van der Waals surface area contributed by atoms with Crippen LogP contribution in [0.25, 0.3) is 11.3 Å². The Balaban J connectivity index is 2.49. The molecule has 0 aliphatic rings. The van der Waals surface area contributed by atoms with Gasteiger partial charge in [-0.15, -0.1) is 0 Å². The van der Waals surface area contributed by atoms with Crippen LogP contribution in [0.3, 0.4) is 0 Å². The molecule has 0 radical (unpaired) electrons. The molecule has 90 valence electrons. The normalized spacial score (nSPS) is 11.1. The van der Waals surface area contributed by atoms with Gasteiger partial charge in [0.05, 0.1) is 0 Å². The predicted octanol–water partition coefficient (Wildman–Crippen LogP) is 3.26. The minimum absolute atomic E-state index is 0.275. The van der Waals surface area contributed by atoms with E-state index >= 15 is 0 Å². The SMILES string of the molecule is CC(C)Cc1c(-c2ccccc2F)noc1N. The summed E-state index contributed by atoms with van der Waals surface area (Å²) in [5.41, 5.74) is 7.45. The second-order valence-corrected chi connectivity index (χ2v) is 4.45. The monoisotopic (exact) mass is 234 g/mol. The number of hydrogen-bond donors (Lipinski definition) is 1. The summed E-state index contributed by atoms with van der Waals surface area (Å²) in [5.74, 6) is 0.366. The zero-order valence-corrected chi connectivity index (χ0v) is 9.90. The molecule has 2 rings (SSSR count). The molecule has 0 unspecified atom stereocenters. The van der Waals surface area contributed by atoms with E-state index in [1.165, 1.54) is 6.07 Å². The molecule has 0 saturated carbocycles. The van der Waals surface area contributed by atoms with Crippen LogP contribution in [0.15, 0.2) is 28.8 Å². The molecule has 1 aromatic heterocycles. The zero-order valence-electron chi connectivity index (χ0n) is 9.90. The molecule has 0 spiro atoms. The van der Waals surface area contributed by atoms with E-state index in [-0.39, 0.29) is 11.7 Å². The summed E-state index contributed by atoms with van der Waals surface area (Å²) in [4.78, 5) is 0. The molecule has 2 N–H and O–H groups in total. The van der Waals surface area contributed by atoms with Gasteiger partial charge in [-0.3, -0.25) is 0 Å². The molecular formula is C13H15FN2O. The van der Waals surface area contributed by atoms with Crippen LogP contribution in [0, 0.1) is 11.7 Å². The topological polar surface area (TPSA) is 52.0 Å². The van der Waals surface area contributed by atoms with Crippen LogP contribution < -0.4 is 5.73 Å². The molecule has 1 aromatic carbocycles. The van der Waals surface area contributed by atoms with E-state index in [2.05, 4.69) is 19.0 Å². The van der Waals surface area contributed by atoms with Crippen molar-refractivity contribution < 1.29 is 8.91 Å². The Morgan fingerprint density at radius 1 is 1.35 bits per heavy atom. The van der Waals surface area contributed by atoms with Crippen LogP contribution in [0.2, 0.25) is 0 Å². The summed E-state index contributed by atoms with van der Waals surface area (Å²) in [7, 11) is 0. The second kappa shape index (κ2) is 4.57.